The highest BCUT2D eigenvalue weighted by molar-refractivity contribution is 4.74. The Morgan fingerprint density at radius 1 is 1.36 bits per heavy atom. The largest absolute Gasteiger partial charge is 0.502 e. The Balaban J connectivity index is 3.03. The first kappa shape index (κ1) is 10.5. The van der Waals surface area contributed by atoms with E-state index in [1.807, 2.05) is 6.26 Å². The number of rotatable bonds is 6. The van der Waals surface area contributed by atoms with E-state index in [9.17, 15) is 0 Å². The standard InChI is InChI=1S/C10H20O/c1-4-5-8-11-9-6-7-10(2)3/h6,9-10H,4-5,7-8H2,1-3H3/b9-6-. The summed E-state index contributed by atoms with van der Waals surface area (Å²) in [5.41, 5.74) is 0. The molecule has 66 valence electrons. The third-order valence-electron chi connectivity index (χ3n) is 1.42. The fraction of sp³-hybridized carbons (Fsp3) is 0.800. The Hall–Kier alpha value is -0.460. The summed E-state index contributed by atoms with van der Waals surface area (Å²) in [5.74, 6) is 0.737. The minimum atomic E-state index is 0.737. The van der Waals surface area contributed by atoms with Gasteiger partial charge in [-0.1, -0.05) is 27.2 Å². The summed E-state index contributed by atoms with van der Waals surface area (Å²) in [4.78, 5) is 0. The highest BCUT2D eigenvalue weighted by atomic mass is 16.5. The Labute approximate surface area is 70.4 Å². The molecule has 0 aliphatic carbocycles. The van der Waals surface area contributed by atoms with Crippen LogP contribution >= 0.6 is 0 Å². The van der Waals surface area contributed by atoms with Gasteiger partial charge in [-0.15, -0.1) is 0 Å². The van der Waals surface area contributed by atoms with Gasteiger partial charge >= 0.3 is 0 Å². The lowest BCUT2D eigenvalue weighted by Gasteiger charge is -1.99. The first-order chi connectivity index (χ1) is 5.27. The number of hydrogen-bond donors (Lipinski definition) is 0. The number of allylic oxidation sites excluding steroid dienone is 1. The van der Waals surface area contributed by atoms with Crippen LogP contribution in [-0.2, 0) is 4.74 Å². The summed E-state index contributed by atoms with van der Waals surface area (Å²) in [6, 6.07) is 0. The molecule has 0 fully saturated rings. The molecule has 0 aliphatic rings. The van der Waals surface area contributed by atoms with Crippen LogP contribution in [0.4, 0.5) is 0 Å². The predicted octanol–water partition coefficient (Wildman–Crippen LogP) is 3.36. The van der Waals surface area contributed by atoms with E-state index in [0.717, 1.165) is 25.4 Å². The molecule has 0 saturated carbocycles. The monoisotopic (exact) mass is 156 g/mol. The van der Waals surface area contributed by atoms with E-state index in [0.29, 0.717) is 0 Å². The summed E-state index contributed by atoms with van der Waals surface area (Å²) in [7, 11) is 0. The molecule has 0 atom stereocenters. The molecular weight excluding hydrogens is 136 g/mol. The van der Waals surface area contributed by atoms with Gasteiger partial charge in [0.05, 0.1) is 12.9 Å². The van der Waals surface area contributed by atoms with Crippen LogP contribution in [0.1, 0.15) is 40.0 Å². The summed E-state index contributed by atoms with van der Waals surface area (Å²) < 4.78 is 5.24. The molecule has 0 radical (unpaired) electrons. The molecule has 0 unspecified atom stereocenters. The van der Waals surface area contributed by atoms with E-state index in [2.05, 4.69) is 26.8 Å². The van der Waals surface area contributed by atoms with Crippen molar-refractivity contribution in [2.75, 3.05) is 6.61 Å². The topological polar surface area (TPSA) is 9.23 Å². The minimum absolute atomic E-state index is 0.737. The zero-order valence-corrected chi connectivity index (χ0v) is 7.97. The van der Waals surface area contributed by atoms with Crippen molar-refractivity contribution >= 4 is 0 Å². The van der Waals surface area contributed by atoms with Crippen molar-refractivity contribution in [1.82, 2.24) is 0 Å². The smallest absolute Gasteiger partial charge is 0.0873 e. The van der Waals surface area contributed by atoms with Gasteiger partial charge in [-0.25, -0.2) is 0 Å². The van der Waals surface area contributed by atoms with Crippen LogP contribution in [0.3, 0.4) is 0 Å². The fourth-order valence-corrected chi connectivity index (χ4v) is 0.691. The molecule has 11 heavy (non-hydrogen) atoms. The Morgan fingerprint density at radius 3 is 2.64 bits per heavy atom. The molecule has 1 heteroatoms. The fourth-order valence-electron chi connectivity index (χ4n) is 0.691. The zero-order valence-electron chi connectivity index (χ0n) is 7.97. The lowest BCUT2D eigenvalue weighted by molar-refractivity contribution is 0.242. The normalized spacial score (nSPS) is 11.3. The minimum Gasteiger partial charge on any atom is -0.502 e. The van der Waals surface area contributed by atoms with Crippen molar-refractivity contribution < 1.29 is 4.74 Å². The Kier molecular flexibility index (Phi) is 7.33. The van der Waals surface area contributed by atoms with Crippen molar-refractivity contribution in [3.8, 4) is 0 Å². The van der Waals surface area contributed by atoms with Gasteiger partial charge in [0.1, 0.15) is 0 Å². The predicted molar refractivity (Wildman–Crippen MR) is 49.5 cm³/mol. The Bertz CT molecular complexity index is 95.0. The van der Waals surface area contributed by atoms with Gasteiger partial charge in [0, 0.05) is 0 Å². The maximum atomic E-state index is 5.24. The third kappa shape index (κ3) is 9.54. The van der Waals surface area contributed by atoms with Crippen LogP contribution in [0.25, 0.3) is 0 Å². The summed E-state index contributed by atoms with van der Waals surface area (Å²) >= 11 is 0. The molecule has 0 spiro atoms. The van der Waals surface area contributed by atoms with Crippen molar-refractivity contribution in [3.05, 3.63) is 12.3 Å². The van der Waals surface area contributed by atoms with Crippen LogP contribution in [-0.4, -0.2) is 6.61 Å². The molecule has 0 aromatic rings. The first-order valence-electron chi connectivity index (χ1n) is 4.54. The molecule has 0 aromatic carbocycles. The summed E-state index contributed by atoms with van der Waals surface area (Å²) in [6.07, 6.45) is 7.41. The number of ether oxygens (including phenoxy) is 1. The second-order valence-electron chi connectivity index (χ2n) is 3.23. The molecule has 0 rings (SSSR count). The average Bonchev–Trinajstić information content (AvgIpc) is 1.96. The molecule has 0 heterocycles. The van der Waals surface area contributed by atoms with Crippen LogP contribution in [0, 0.1) is 5.92 Å². The quantitative estimate of drug-likeness (QED) is 0.423. The van der Waals surface area contributed by atoms with Crippen LogP contribution in [0.2, 0.25) is 0 Å². The van der Waals surface area contributed by atoms with Gasteiger partial charge in [0.25, 0.3) is 0 Å². The third-order valence-corrected chi connectivity index (χ3v) is 1.42. The van der Waals surface area contributed by atoms with E-state index < -0.39 is 0 Å². The lowest BCUT2D eigenvalue weighted by Crippen LogP contribution is -1.86. The van der Waals surface area contributed by atoms with E-state index in [-0.39, 0.29) is 0 Å². The SMILES string of the molecule is CCCCO/C=C\CC(C)C. The molecule has 0 amide bonds. The van der Waals surface area contributed by atoms with Gasteiger partial charge in [0.2, 0.25) is 0 Å². The maximum Gasteiger partial charge on any atom is 0.0873 e. The summed E-state index contributed by atoms with van der Waals surface area (Å²) in [5, 5.41) is 0. The lowest BCUT2D eigenvalue weighted by atomic mass is 10.1. The van der Waals surface area contributed by atoms with Gasteiger partial charge < -0.3 is 4.74 Å². The molecule has 0 aromatic heterocycles. The molecule has 0 bridgehead atoms. The second-order valence-corrected chi connectivity index (χ2v) is 3.23. The second kappa shape index (κ2) is 7.64. The van der Waals surface area contributed by atoms with Gasteiger partial charge in [-0.3, -0.25) is 0 Å². The highest BCUT2D eigenvalue weighted by Gasteiger charge is 1.86. The van der Waals surface area contributed by atoms with Gasteiger partial charge in [-0.2, -0.15) is 0 Å². The van der Waals surface area contributed by atoms with Crippen molar-refractivity contribution in [3.63, 3.8) is 0 Å². The van der Waals surface area contributed by atoms with E-state index in [1.54, 1.807) is 0 Å². The number of hydrogen-bond acceptors (Lipinski definition) is 1. The zero-order chi connectivity index (χ0) is 8.53. The van der Waals surface area contributed by atoms with E-state index in [4.69, 9.17) is 4.74 Å². The van der Waals surface area contributed by atoms with Crippen LogP contribution in [0.15, 0.2) is 12.3 Å². The highest BCUT2D eigenvalue weighted by Crippen LogP contribution is 1.99. The van der Waals surface area contributed by atoms with Crippen molar-refractivity contribution in [2.45, 2.75) is 40.0 Å². The van der Waals surface area contributed by atoms with Gasteiger partial charge in [-0.05, 0) is 24.8 Å². The first-order valence-corrected chi connectivity index (χ1v) is 4.54. The van der Waals surface area contributed by atoms with Gasteiger partial charge in [0.15, 0.2) is 0 Å². The van der Waals surface area contributed by atoms with Crippen molar-refractivity contribution in [2.24, 2.45) is 5.92 Å². The van der Waals surface area contributed by atoms with E-state index in [1.165, 1.54) is 6.42 Å². The molecule has 0 N–H and O–H groups in total. The molecule has 0 aliphatic heterocycles. The molecule has 0 saturated heterocycles. The van der Waals surface area contributed by atoms with Crippen LogP contribution in [0.5, 0.6) is 0 Å². The number of unbranched alkanes of at least 4 members (excludes halogenated alkanes) is 1. The average molecular weight is 156 g/mol. The van der Waals surface area contributed by atoms with Crippen molar-refractivity contribution in [1.29, 1.82) is 0 Å². The van der Waals surface area contributed by atoms with Crippen LogP contribution < -0.4 is 0 Å². The molecule has 1 nitrogen and oxygen atoms in total. The van der Waals surface area contributed by atoms with E-state index >= 15 is 0 Å². The molecular formula is C10H20O. The maximum absolute atomic E-state index is 5.24. The Morgan fingerprint density at radius 2 is 2.09 bits per heavy atom. The summed E-state index contributed by atoms with van der Waals surface area (Å²) in [6.45, 7) is 7.44.